The topological polar surface area (TPSA) is 40.5 Å². The molecule has 1 heterocycles. The molecule has 0 amide bonds. The summed E-state index contributed by atoms with van der Waals surface area (Å²) in [5, 5.41) is 8.94. The van der Waals surface area contributed by atoms with Gasteiger partial charge in [0, 0.05) is 13.0 Å². The molecule has 0 radical (unpaired) electrons. The number of rotatable bonds is 4. The molecule has 0 aliphatic carbocycles. The number of hydrogen-bond donors (Lipinski definition) is 1. The molecule has 1 aromatic rings. The number of nitrogens with zero attached hydrogens (tertiary/aromatic N) is 1. The highest BCUT2D eigenvalue weighted by atomic mass is 19.4. The van der Waals surface area contributed by atoms with Crippen molar-refractivity contribution in [1.29, 1.82) is 0 Å². The molecule has 0 spiro atoms. The van der Waals surface area contributed by atoms with E-state index in [0.717, 1.165) is 5.56 Å². The van der Waals surface area contributed by atoms with Gasteiger partial charge in [-0.05, 0) is 49.5 Å². The quantitative estimate of drug-likeness (QED) is 0.924. The second kappa shape index (κ2) is 6.47. The highest BCUT2D eigenvalue weighted by Crippen LogP contribution is 2.31. The molecular weight excluding hydrogens is 283 g/mol. The van der Waals surface area contributed by atoms with Crippen LogP contribution in [0.5, 0.6) is 0 Å². The first-order valence-electron chi connectivity index (χ1n) is 6.95. The van der Waals surface area contributed by atoms with E-state index < -0.39 is 18.6 Å². The molecule has 0 bridgehead atoms. The maximum Gasteiger partial charge on any atom is 0.389 e. The van der Waals surface area contributed by atoms with Gasteiger partial charge in [0.05, 0.1) is 5.56 Å². The molecule has 116 valence electrons. The predicted molar refractivity (Wildman–Crippen MR) is 72.1 cm³/mol. The van der Waals surface area contributed by atoms with Crippen LogP contribution >= 0.6 is 0 Å². The minimum Gasteiger partial charge on any atom is -0.478 e. The molecule has 0 aromatic heterocycles. The molecule has 1 aliphatic rings. The minimum absolute atomic E-state index is 0.236. The van der Waals surface area contributed by atoms with Crippen LogP contribution in [-0.2, 0) is 6.54 Å². The van der Waals surface area contributed by atoms with Crippen molar-refractivity contribution in [2.45, 2.75) is 32.0 Å². The monoisotopic (exact) mass is 301 g/mol. The molecule has 1 aromatic carbocycles. The molecule has 1 aliphatic heterocycles. The first-order chi connectivity index (χ1) is 9.83. The lowest BCUT2D eigenvalue weighted by Crippen LogP contribution is -2.34. The Morgan fingerprint density at radius 2 is 1.95 bits per heavy atom. The maximum absolute atomic E-state index is 12.3. The second-order valence-corrected chi connectivity index (χ2v) is 5.54. The summed E-state index contributed by atoms with van der Waals surface area (Å²) in [5.74, 6) is -1.26. The number of benzene rings is 1. The lowest BCUT2D eigenvalue weighted by Gasteiger charge is -2.32. The Balaban J connectivity index is 1.86. The molecule has 6 heteroatoms. The molecule has 1 fully saturated rings. The van der Waals surface area contributed by atoms with Crippen molar-refractivity contribution in [3.8, 4) is 0 Å². The summed E-state index contributed by atoms with van der Waals surface area (Å²) in [6, 6.07) is 6.68. The molecule has 3 nitrogen and oxygen atoms in total. The SMILES string of the molecule is O=C(O)c1cccc(CN2CCC(CC(F)(F)F)CC2)c1. The molecule has 0 atom stereocenters. The van der Waals surface area contributed by atoms with Crippen molar-refractivity contribution in [3.63, 3.8) is 0 Å². The number of halogens is 3. The van der Waals surface area contributed by atoms with E-state index in [4.69, 9.17) is 5.11 Å². The van der Waals surface area contributed by atoms with E-state index in [1.165, 1.54) is 6.07 Å². The standard InChI is InChI=1S/C15H18F3NO2/c16-15(17,18)9-11-4-6-19(7-5-11)10-12-2-1-3-13(8-12)14(20)21/h1-3,8,11H,4-7,9-10H2,(H,20,21). The van der Waals surface area contributed by atoms with Gasteiger partial charge in [0.2, 0.25) is 0 Å². The van der Waals surface area contributed by atoms with Crippen LogP contribution < -0.4 is 0 Å². The summed E-state index contributed by atoms with van der Waals surface area (Å²) < 4.78 is 37.0. The molecule has 21 heavy (non-hydrogen) atoms. The van der Waals surface area contributed by atoms with Gasteiger partial charge in [-0.25, -0.2) is 4.79 Å². The number of carbonyl (C=O) groups is 1. The Hall–Kier alpha value is -1.56. The van der Waals surface area contributed by atoms with Gasteiger partial charge in [-0.15, -0.1) is 0 Å². The van der Waals surface area contributed by atoms with E-state index in [1.807, 2.05) is 6.07 Å². The van der Waals surface area contributed by atoms with Gasteiger partial charge in [-0.2, -0.15) is 13.2 Å². The van der Waals surface area contributed by atoms with E-state index in [9.17, 15) is 18.0 Å². The molecule has 2 rings (SSSR count). The molecule has 0 unspecified atom stereocenters. The summed E-state index contributed by atoms with van der Waals surface area (Å²) >= 11 is 0. The van der Waals surface area contributed by atoms with Gasteiger partial charge in [-0.3, -0.25) is 4.90 Å². The van der Waals surface area contributed by atoms with Crippen LogP contribution in [0.25, 0.3) is 0 Å². The van der Waals surface area contributed by atoms with Crippen LogP contribution in [0, 0.1) is 5.92 Å². The fourth-order valence-electron chi connectivity index (χ4n) is 2.74. The summed E-state index contributed by atoms with van der Waals surface area (Å²) in [6.07, 6.45) is -3.70. The minimum atomic E-state index is -4.08. The van der Waals surface area contributed by atoms with Gasteiger partial charge in [-0.1, -0.05) is 12.1 Å². The zero-order valence-electron chi connectivity index (χ0n) is 11.6. The number of aromatic carboxylic acids is 1. The Morgan fingerprint density at radius 1 is 1.29 bits per heavy atom. The normalized spacial score (nSPS) is 17.9. The first kappa shape index (κ1) is 15.8. The lowest BCUT2D eigenvalue weighted by atomic mass is 9.93. The highest BCUT2D eigenvalue weighted by molar-refractivity contribution is 5.87. The maximum atomic E-state index is 12.3. The Bertz CT molecular complexity index is 494. The fourth-order valence-corrected chi connectivity index (χ4v) is 2.74. The van der Waals surface area contributed by atoms with Gasteiger partial charge >= 0.3 is 12.1 Å². The summed E-state index contributed by atoms with van der Waals surface area (Å²) in [5.41, 5.74) is 1.11. The molecule has 1 N–H and O–H groups in total. The average molecular weight is 301 g/mol. The van der Waals surface area contributed by atoms with Gasteiger partial charge in [0.15, 0.2) is 0 Å². The first-order valence-corrected chi connectivity index (χ1v) is 6.95. The van der Waals surface area contributed by atoms with Crippen molar-refractivity contribution in [3.05, 3.63) is 35.4 Å². The Kier molecular flexibility index (Phi) is 4.88. The summed E-state index contributed by atoms with van der Waals surface area (Å²) in [6.45, 7) is 1.83. The van der Waals surface area contributed by atoms with Crippen molar-refractivity contribution in [2.75, 3.05) is 13.1 Å². The van der Waals surface area contributed by atoms with E-state index in [2.05, 4.69) is 4.90 Å². The third-order valence-electron chi connectivity index (χ3n) is 3.81. The number of piperidine rings is 1. The third kappa shape index (κ3) is 5.04. The smallest absolute Gasteiger partial charge is 0.389 e. The van der Waals surface area contributed by atoms with E-state index in [0.29, 0.717) is 32.5 Å². The van der Waals surface area contributed by atoms with Gasteiger partial charge < -0.3 is 5.11 Å². The average Bonchev–Trinajstić information content (AvgIpc) is 2.40. The van der Waals surface area contributed by atoms with Crippen molar-refractivity contribution in [2.24, 2.45) is 5.92 Å². The third-order valence-corrected chi connectivity index (χ3v) is 3.81. The number of carboxylic acid groups (broad SMARTS) is 1. The predicted octanol–water partition coefficient (Wildman–Crippen LogP) is 3.55. The van der Waals surface area contributed by atoms with Gasteiger partial charge in [0.25, 0.3) is 0 Å². The largest absolute Gasteiger partial charge is 0.478 e. The summed E-state index contributed by atoms with van der Waals surface area (Å²) in [7, 11) is 0. The van der Waals surface area contributed by atoms with Crippen LogP contribution in [0.15, 0.2) is 24.3 Å². The fraction of sp³-hybridized carbons (Fsp3) is 0.533. The summed E-state index contributed by atoms with van der Waals surface area (Å²) in [4.78, 5) is 13.0. The van der Waals surface area contributed by atoms with E-state index >= 15 is 0 Å². The van der Waals surface area contributed by atoms with Crippen LogP contribution in [0.3, 0.4) is 0 Å². The number of alkyl halides is 3. The number of hydrogen-bond acceptors (Lipinski definition) is 2. The van der Waals surface area contributed by atoms with Crippen molar-refractivity contribution >= 4 is 5.97 Å². The molecular formula is C15H18F3NO2. The van der Waals surface area contributed by atoms with E-state index in [-0.39, 0.29) is 11.5 Å². The molecule has 1 saturated heterocycles. The molecule has 0 saturated carbocycles. The zero-order chi connectivity index (χ0) is 15.5. The van der Waals surface area contributed by atoms with Crippen molar-refractivity contribution in [1.82, 2.24) is 4.90 Å². The van der Waals surface area contributed by atoms with Crippen LogP contribution in [-0.4, -0.2) is 35.2 Å². The lowest BCUT2D eigenvalue weighted by molar-refractivity contribution is -0.147. The zero-order valence-corrected chi connectivity index (χ0v) is 11.6. The highest BCUT2D eigenvalue weighted by Gasteiger charge is 2.33. The van der Waals surface area contributed by atoms with Gasteiger partial charge in [0.1, 0.15) is 0 Å². The van der Waals surface area contributed by atoms with Crippen LogP contribution in [0.4, 0.5) is 13.2 Å². The van der Waals surface area contributed by atoms with Crippen LogP contribution in [0.1, 0.15) is 35.2 Å². The Labute approximate surface area is 121 Å². The Morgan fingerprint density at radius 3 is 2.52 bits per heavy atom. The number of carboxylic acids is 1. The second-order valence-electron chi connectivity index (χ2n) is 5.54. The van der Waals surface area contributed by atoms with Crippen molar-refractivity contribution < 1.29 is 23.1 Å². The van der Waals surface area contributed by atoms with E-state index in [1.54, 1.807) is 12.1 Å². The van der Waals surface area contributed by atoms with Crippen LogP contribution in [0.2, 0.25) is 0 Å². The number of likely N-dealkylation sites (tertiary alicyclic amines) is 1.